The number of carbonyl (C=O) groups is 1. The first-order valence-electron chi connectivity index (χ1n) is 10.9. The van der Waals surface area contributed by atoms with Gasteiger partial charge in [0.15, 0.2) is 0 Å². The van der Waals surface area contributed by atoms with Crippen molar-refractivity contribution in [2.45, 2.75) is 43.0 Å². The minimum absolute atomic E-state index is 0.00639. The van der Waals surface area contributed by atoms with E-state index in [1.165, 1.54) is 5.56 Å². The van der Waals surface area contributed by atoms with E-state index in [1.54, 1.807) is 18.9 Å². The number of piperidine rings is 1. The molecule has 7 heteroatoms. The summed E-state index contributed by atoms with van der Waals surface area (Å²) in [5.74, 6) is 2.34. The molecular weight excluding hydrogens is 422 g/mol. The number of benzene rings is 2. The fourth-order valence-electron chi connectivity index (χ4n) is 3.94. The maximum absolute atomic E-state index is 13.0. The number of aryl methyl sites for hydroxylation is 1. The normalized spacial score (nSPS) is 14.9. The topological polar surface area (TPSA) is 67.6 Å². The molecule has 0 atom stereocenters. The number of nitrogens with zero attached hydrogens (tertiary/aromatic N) is 2. The molecule has 6 nitrogen and oxygen atoms in total. The highest BCUT2D eigenvalue weighted by molar-refractivity contribution is 7.98. The van der Waals surface area contributed by atoms with Crippen molar-refractivity contribution in [1.29, 1.82) is 0 Å². The minimum atomic E-state index is -0.00639. The summed E-state index contributed by atoms with van der Waals surface area (Å²) >= 11 is 1.60. The van der Waals surface area contributed by atoms with E-state index in [9.17, 15) is 4.79 Å². The average molecular weight is 452 g/mol. The van der Waals surface area contributed by atoms with Crippen LogP contribution in [0.4, 0.5) is 0 Å². The second-order valence-electron chi connectivity index (χ2n) is 8.09. The lowest BCUT2D eigenvalue weighted by molar-refractivity contribution is 0.0906. The number of ether oxygens (including phenoxy) is 1. The zero-order chi connectivity index (χ0) is 22.3. The molecule has 1 saturated heterocycles. The molecule has 0 bridgehead atoms. The molecule has 32 heavy (non-hydrogen) atoms. The maximum Gasteiger partial charge on any atom is 0.252 e. The van der Waals surface area contributed by atoms with Crippen molar-refractivity contribution in [2.75, 3.05) is 20.2 Å². The van der Waals surface area contributed by atoms with Gasteiger partial charge in [-0.25, -0.2) is 0 Å². The van der Waals surface area contributed by atoms with Gasteiger partial charge in [0.05, 0.1) is 24.1 Å². The van der Waals surface area contributed by atoms with Gasteiger partial charge >= 0.3 is 0 Å². The Labute approximate surface area is 193 Å². The van der Waals surface area contributed by atoms with E-state index in [0.29, 0.717) is 11.3 Å². The Balaban J connectivity index is 1.29. The van der Waals surface area contributed by atoms with Gasteiger partial charge in [0.25, 0.3) is 5.91 Å². The molecule has 1 fully saturated rings. The average Bonchev–Trinajstić information content (AvgIpc) is 3.24. The number of aromatic nitrogens is 1. The number of likely N-dealkylation sites (tertiary alicyclic amines) is 1. The summed E-state index contributed by atoms with van der Waals surface area (Å²) in [6.07, 6.45) is 1.89. The van der Waals surface area contributed by atoms with Gasteiger partial charge in [0.1, 0.15) is 11.5 Å². The molecule has 0 radical (unpaired) electrons. The highest BCUT2D eigenvalue weighted by Gasteiger charge is 2.22. The lowest BCUT2D eigenvalue weighted by Gasteiger charge is -2.32. The highest BCUT2D eigenvalue weighted by Crippen LogP contribution is 2.27. The van der Waals surface area contributed by atoms with E-state index < -0.39 is 0 Å². The molecule has 0 aliphatic carbocycles. The van der Waals surface area contributed by atoms with E-state index in [2.05, 4.69) is 27.5 Å². The van der Waals surface area contributed by atoms with Crippen molar-refractivity contribution in [3.05, 3.63) is 77.2 Å². The first kappa shape index (κ1) is 22.4. The Bertz CT molecular complexity index is 1040. The molecular formula is C25H29N3O3S. The summed E-state index contributed by atoms with van der Waals surface area (Å²) in [6, 6.07) is 18.1. The largest absolute Gasteiger partial charge is 0.497 e. The molecule has 0 spiro atoms. The predicted octanol–water partition coefficient (Wildman–Crippen LogP) is 4.68. The summed E-state index contributed by atoms with van der Waals surface area (Å²) in [5.41, 5.74) is 2.83. The van der Waals surface area contributed by atoms with Crippen molar-refractivity contribution in [3.8, 4) is 5.75 Å². The summed E-state index contributed by atoms with van der Waals surface area (Å²) in [4.78, 5) is 16.4. The van der Waals surface area contributed by atoms with Crippen LogP contribution in [0.5, 0.6) is 5.75 Å². The first-order chi connectivity index (χ1) is 15.6. The Morgan fingerprint density at radius 1 is 1.19 bits per heavy atom. The van der Waals surface area contributed by atoms with Crippen molar-refractivity contribution in [2.24, 2.45) is 0 Å². The number of hydrogen-bond acceptors (Lipinski definition) is 6. The molecule has 1 amide bonds. The monoisotopic (exact) mass is 451 g/mol. The van der Waals surface area contributed by atoms with E-state index in [-0.39, 0.29) is 11.9 Å². The second-order valence-corrected chi connectivity index (χ2v) is 9.11. The first-order valence-corrected chi connectivity index (χ1v) is 11.9. The minimum Gasteiger partial charge on any atom is -0.497 e. The van der Waals surface area contributed by atoms with Gasteiger partial charge in [-0.05, 0) is 49.6 Å². The number of nitrogens with one attached hydrogen (secondary N) is 1. The van der Waals surface area contributed by atoms with Gasteiger partial charge in [-0.15, -0.1) is 11.8 Å². The number of thioether (sulfide) groups is 1. The fraction of sp³-hybridized carbons (Fsp3) is 0.360. The van der Waals surface area contributed by atoms with Gasteiger partial charge in [-0.1, -0.05) is 29.4 Å². The van der Waals surface area contributed by atoms with Crippen LogP contribution in [0.25, 0.3) is 0 Å². The van der Waals surface area contributed by atoms with E-state index >= 15 is 0 Å². The number of methoxy groups -OCH3 is 1. The molecule has 0 unspecified atom stereocenters. The second kappa shape index (κ2) is 10.7. The molecule has 1 aliphatic heterocycles. The number of carbonyl (C=O) groups excluding carboxylic acids is 1. The van der Waals surface area contributed by atoms with Crippen molar-refractivity contribution < 1.29 is 14.1 Å². The van der Waals surface area contributed by atoms with Crippen molar-refractivity contribution in [3.63, 3.8) is 0 Å². The van der Waals surface area contributed by atoms with E-state index in [4.69, 9.17) is 9.26 Å². The molecule has 2 heterocycles. The Morgan fingerprint density at radius 2 is 2.00 bits per heavy atom. The number of hydrogen-bond donors (Lipinski definition) is 1. The summed E-state index contributed by atoms with van der Waals surface area (Å²) in [5, 5.41) is 7.17. The summed E-state index contributed by atoms with van der Waals surface area (Å²) in [7, 11) is 1.69. The zero-order valence-corrected chi connectivity index (χ0v) is 19.4. The van der Waals surface area contributed by atoms with Crippen LogP contribution in [0.3, 0.4) is 0 Å². The molecule has 3 aromatic rings. The number of amides is 1. The van der Waals surface area contributed by atoms with Gasteiger partial charge in [-0.3, -0.25) is 9.69 Å². The molecule has 1 aliphatic rings. The van der Waals surface area contributed by atoms with Crippen LogP contribution in [0, 0.1) is 6.92 Å². The van der Waals surface area contributed by atoms with Gasteiger partial charge in [0, 0.05) is 36.6 Å². The fourth-order valence-corrected chi connectivity index (χ4v) is 4.87. The summed E-state index contributed by atoms with van der Waals surface area (Å²) < 4.78 is 10.6. The maximum atomic E-state index is 13.0. The van der Waals surface area contributed by atoms with Crippen LogP contribution < -0.4 is 10.1 Å². The third kappa shape index (κ3) is 5.93. The molecule has 1 N–H and O–H groups in total. The quantitative estimate of drug-likeness (QED) is 0.502. The number of rotatable bonds is 8. The lowest BCUT2D eigenvalue weighted by Crippen LogP contribution is -2.44. The van der Waals surface area contributed by atoms with Crippen LogP contribution in [0.2, 0.25) is 0 Å². The Kier molecular flexibility index (Phi) is 7.50. The van der Waals surface area contributed by atoms with Crippen molar-refractivity contribution in [1.82, 2.24) is 15.4 Å². The van der Waals surface area contributed by atoms with E-state index in [1.807, 2.05) is 49.4 Å². The van der Waals surface area contributed by atoms with Gasteiger partial charge in [-0.2, -0.15) is 0 Å². The Morgan fingerprint density at radius 3 is 2.75 bits per heavy atom. The van der Waals surface area contributed by atoms with Crippen LogP contribution >= 0.6 is 11.8 Å². The smallest absolute Gasteiger partial charge is 0.252 e. The zero-order valence-electron chi connectivity index (χ0n) is 18.5. The molecule has 0 saturated carbocycles. The molecule has 2 aromatic carbocycles. The molecule has 168 valence electrons. The lowest BCUT2D eigenvalue weighted by atomic mass is 10.0. The molecule has 4 rings (SSSR count). The predicted molar refractivity (Wildman–Crippen MR) is 126 cm³/mol. The Hall–Kier alpha value is -2.77. The van der Waals surface area contributed by atoms with Crippen LogP contribution in [-0.4, -0.2) is 42.2 Å². The SMILES string of the molecule is COc1cccc(CN2CCC(NC(=O)c3ccccc3SCc3cc(C)no3)CC2)c1. The van der Waals surface area contributed by atoms with Gasteiger partial charge < -0.3 is 14.6 Å². The summed E-state index contributed by atoms with van der Waals surface area (Å²) in [6.45, 7) is 4.73. The highest BCUT2D eigenvalue weighted by atomic mass is 32.2. The van der Waals surface area contributed by atoms with Gasteiger partial charge in [0.2, 0.25) is 0 Å². The third-order valence-electron chi connectivity index (χ3n) is 5.64. The standard InChI is InChI=1S/C25H29N3O3S/c1-18-14-22(31-27-18)17-32-24-9-4-3-8-23(24)25(29)26-20-10-12-28(13-11-20)16-19-6-5-7-21(15-19)30-2/h3-9,14-15,20H,10-13,16-17H2,1-2H3,(H,26,29). The van der Waals surface area contributed by atoms with Crippen LogP contribution in [0.15, 0.2) is 64.0 Å². The van der Waals surface area contributed by atoms with Crippen molar-refractivity contribution >= 4 is 17.7 Å². The van der Waals surface area contributed by atoms with Crippen LogP contribution in [0.1, 0.15) is 40.2 Å². The molecule has 1 aromatic heterocycles. The third-order valence-corrected chi connectivity index (χ3v) is 6.74. The van der Waals surface area contributed by atoms with Crippen LogP contribution in [-0.2, 0) is 12.3 Å². The van der Waals surface area contributed by atoms with E-state index in [0.717, 1.165) is 54.6 Å².